The van der Waals surface area contributed by atoms with Gasteiger partial charge in [-0.25, -0.2) is 9.59 Å². The number of nitrogens with one attached hydrogen (secondary N) is 1. The Balaban J connectivity index is 1.63. The largest absolute Gasteiger partial charge is 0.444 e. The molecule has 2 atom stereocenters. The molecular formula is C23H29Cl2N5O3. The van der Waals surface area contributed by atoms with Crippen molar-refractivity contribution in [2.75, 3.05) is 20.1 Å². The molecular weight excluding hydrogens is 465 g/mol. The highest BCUT2D eigenvalue weighted by molar-refractivity contribution is 6.44. The molecule has 1 N–H and O–H groups in total. The third-order valence-corrected chi connectivity index (χ3v) is 6.34. The second-order valence-electron chi connectivity index (χ2n) is 9.07. The number of ether oxygens (including phenoxy) is 1. The van der Waals surface area contributed by atoms with Crippen molar-refractivity contribution in [2.45, 2.75) is 51.8 Å². The van der Waals surface area contributed by atoms with Gasteiger partial charge in [-0.05, 0) is 39.7 Å². The predicted molar refractivity (Wildman–Crippen MR) is 128 cm³/mol. The van der Waals surface area contributed by atoms with Crippen LogP contribution in [0.3, 0.4) is 0 Å². The van der Waals surface area contributed by atoms with Crippen molar-refractivity contribution < 1.29 is 14.3 Å². The number of amides is 3. The lowest BCUT2D eigenvalue weighted by atomic mass is 10.0. The summed E-state index contributed by atoms with van der Waals surface area (Å²) in [6, 6.07) is 2.88. The molecule has 10 heteroatoms. The molecule has 0 spiro atoms. The quantitative estimate of drug-likeness (QED) is 0.634. The first-order valence-corrected chi connectivity index (χ1v) is 11.5. The second kappa shape index (κ2) is 10.1. The number of likely N-dealkylation sites (tertiary alicyclic amines) is 1. The fraction of sp³-hybridized carbons (Fsp3) is 0.478. The van der Waals surface area contributed by atoms with Gasteiger partial charge in [0.25, 0.3) is 0 Å². The summed E-state index contributed by atoms with van der Waals surface area (Å²) < 4.78 is 5.43. The Hall–Kier alpha value is -2.58. The predicted octanol–water partition coefficient (Wildman–Crippen LogP) is 5.16. The Morgan fingerprint density at radius 2 is 1.97 bits per heavy atom. The first-order chi connectivity index (χ1) is 15.5. The average molecular weight is 494 g/mol. The number of likely N-dealkylation sites (N-methyl/N-ethyl adjacent to an activating group) is 1. The van der Waals surface area contributed by atoms with E-state index in [1.165, 1.54) is 0 Å². The number of hydrogen-bond acceptors (Lipinski definition) is 5. The average Bonchev–Trinajstić information content (AvgIpc) is 3.25. The summed E-state index contributed by atoms with van der Waals surface area (Å²) in [6.07, 6.45) is 5.09. The van der Waals surface area contributed by atoms with Crippen LogP contribution in [0.2, 0.25) is 10.0 Å². The van der Waals surface area contributed by atoms with Crippen molar-refractivity contribution in [3.05, 3.63) is 46.3 Å². The number of hydrogen-bond donors (Lipinski definition) is 1. The van der Waals surface area contributed by atoms with E-state index in [1.807, 2.05) is 39.8 Å². The van der Waals surface area contributed by atoms with E-state index in [0.29, 0.717) is 46.4 Å². The van der Waals surface area contributed by atoms with Crippen LogP contribution < -0.4 is 5.32 Å². The minimum Gasteiger partial charge on any atom is -0.444 e. The lowest BCUT2D eigenvalue weighted by molar-refractivity contribution is 0.0284. The molecule has 3 rings (SSSR count). The Labute approximate surface area is 204 Å². The van der Waals surface area contributed by atoms with Gasteiger partial charge in [0.05, 0.1) is 34.0 Å². The zero-order valence-corrected chi connectivity index (χ0v) is 20.9. The van der Waals surface area contributed by atoms with Gasteiger partial charge in [0, 0.05) is 38.1 Å². The molecule has 0 radical (unpaired) electrons. The van der Waals surface area contributed by atoms with E-state index in [1.54, 1.807) is 35.4 Å². The number of halogens is 2. The molecule has 2 aromatic rings. The zero-order chi connectivity index (χ0) is 24.3. The van der Waals surface area contributed by atoms with E-state index >= 15 is 0 Å². The van der Waals surface area contributed by atoms with Gasteiger partial charge >= 0.3 is 12.1 Å². The maximum absolute atomic E-state index is 12.9. The van der Waals surface area contributed by atoms with Crippen molar-refractivity contribution in [2.24, 2.45) is 0 Å². The van der Waals surface area contributed by atoms with E-state index in [0.717, 1.165) is 0 Å². The molecule has 0 bridgehead atoms. The van der Waals surface area contributed by atoms with Crippen LogP contribution in [0.15, 0.2) is 30.7 Å². The summed E-state index contributed by atoms with van der Waals surface area (Å²) in [6.45, 7) is 8.29. The third-order valence-electron chi connectivity index (χ3n) is 5.44. The topological polar surface area (TPSA) is 87.7 Å². The van der Waals surface area contributed by atoms with Crippen LogP contribution in [0, 0.1) is 0 Å². The van der Waals surface area contributed by atoms with Gasteiger partial charge in [0.2, 0.25) is 0 Å². The summed E-state index contributed by atoms with van der Waals surface area (Å²) in [5.41, 5.74) is 1.42. The number of urea groups is 1. The summed E-state index contributed by atoms with van der Waals surface area (Å²) in [4.78, 5) is 36.8. The van der Waals surface area contributed by atoms with Gasteiger partial charge in [0.1, 0.15) is 5.60 Å². The van der Waals surface area contributed by atoms with E-state index in [-0.39, 0.29) is 24.2 Å². The van der Waals surface area contributed by atoms with Crippen LogP contribution in [-0.4, -0.2) is 63.7 Å². The lowest BCUT2D eigenvalue weighted by Gasteiger charge is -2.28. The van der Waals surface area contributed by atoms with Crippen molar-refractivity contribution in [1.29, 1.82) is 0 Å². The van der Waals surface area contributed by atoms with Gasteiger partial charge in [0.15, 0.2) is 0 Å². The number of carbonyl (C=O) groups is 2. The smallest absolute Gasteiger partial charge is 0.410 e. The highest BCUT2D eigenvalue weighted by Gasteiger charge is 2.33. The number of benzene rings is 1. The number of rotatable bonds is 4. The lowest BCUT2D eigenvalue weighted by Crippen LogP contribution is -2.46. The zero-order valence-electron chi connectivity index (χ0n) is 19.4. The molecule has 1 aromatic heterocycles. The molecule has 1 saturated heterocycles. The van der Waals surface area contributed by atoms with Crippen LogP contribution in [0.5, 0.6) is 0 Å². The normalized spacial score (nSPS) is 16.9. The highest BCUT2D eigenvalue weighted by atomic mass is 35.5. The maximum Gasteiger partial charge on any atom is 0.410 e. The number of nitrogens with zero attached hydrogens (tertiary/aromatic N) is 4. The van der Waals surface area contributed by atoms with E-state index in [9.17, 15) is 9.59 Å². The minimum atomic E-state index is -0.558. The summed E-state index contributed by atoms with van der Waals surface area (Å²) in [7, 11) is 1.72. The summed E-state index contributed by atoms with van der Waals surface area (Å²) in [5.74, 6) is 0. The molecule has 33 heavy (non-hydrogen) atoms. The standard InChI is InChI=1S/C23H29Cl2N5O3/c1-14(16-6-7-17(20(25)19(16)24)18-12-26-9-10-27-18)28-21(31)29(5)15-8-11-30(13-15)22(32)33-23(2,3)4/h6-7,9-10,12,14-15H,8,11,13H2,1-5H3,(H,28,31). The van der Waals surface area contributed by atoms with Crippen LogP contribution in [-0.2, 0) is 4.74 Å². The Kier molecular flexibility index (Phi) is 7.69. The van der Waals surface area contributed by atoms with Crippen molar-refractivity contribution in [3.63, 3.8) is 0 Å². The summed E-state index contributed by atoms with van der Waals surface area (Å²) in [5, 5.41) is 3.67. The molecule has 0 aliphatic carbocycles. The molecule has 178 valence electrons. The van der Waals surface area contributed by atoms with Gasteiger partial charge < -0.3 is 19.9 Å². The van der Waals surface area contributed by atoms with Gasteiger partial charge in [-0.2, -0.15) is 0 Å². The van der Waals surface area contributed by atoms with Crippen molar-refractivity contribution in [3.8, 4) is 11.3 Å². The number of carbonyl (C=O) groups excluding carboxylic acids is 2. The van der Waals surface area contributed by atoms with E-state index in [2.05, 4.69) is 15.3 Å². The second-order valence-corrected chi connectivity index (χ2v) is 9.83. The van der Waals surface area contributed by atoms with Crippen LogP contribution >= 0.6 is 23.2 Å². The molecule has 2 unspecified atom stereocenters. The fourth-order valence-corrected chi connectivity index (χ4v) is 4.21. The molecule has 1 aromatic carbocycles. The Bertz CT molecular complexity index is 1010. The van der Waals surface area contributed by atoms with Gasteiger partial charge in [-0.15, -0.1) is 0 Å². The molecule has 1 fully saturated rings. The first-order valence-electron chi connectivity index (χ1n) is 10.7. The molecule has 3 amide bonds. The van der Waals surface area contributed by atoms with Gasteiger partial charge in [-0.1, -0.05) is 35.3 Å². The van der Waals surface area contributed by atoms with Crippen LogP contribution in [0.4, 0.5) is 9.59 Å². The molecule has 1 aliphatic heterocycles. The van der Waals surface area contributed by atoms with E-state index < -0.39 is 5.60 Å². The molecule has 8 nitrogen and oxygen atoms in total. The molecule has 0 saturated carbocycles. The number of aromatic nitrogens is 2. The minimum absolute atomic E-state index is 0.109. The monoisotopic (exact) mass is 493 g/mol. The van der Waals surface area contributed by atoms with Crippen molar-refractivity contribution >= 4 is 35.3 Å². The Morgan fingerprint density at radius 3 is 2.61 bits per heavy atom. The molecule has 2 heterocycles. The van der Waals surface area contributed by atoms with Gasteiger partial charge in [-0.3, -0.25) is 9.97 Å². The SMILES string of the molecule is CC(NC(=O)N(C)C1CCN(C(=O)OC(C)(C)C)C1)c1ccc(-c2cnccn2)c(Cl)c1Cl. The van der Waals surface area contributed by atoms with Crippen molar-refractivity contribution in [1.82, 2.24) is 25.1 Å². The van der Waals surface area contributed by atoms with Crippen LogP contribution in [0.25, 0.3) is 11.3 Å². The fourth-order valence-electron chi connectivity index (χ4n) is 3.62. The highest BCUT2D eigenvalue weighted by Crippen LogP contribution is 2.37. The maximum atomic E-state index is 12.9. The summed E-state index contributed by atoms with van der Waals surface area (Å²) >= 11 is 13.0. The molecule has 1 aliphatic rings. The van der Waals surface area contributed by atoms with E-state index in [4.69, 9.17) is 27.9 Å². The first kappa shape index (κ1) is 25.1. The van der Waals surface area contributed by atoms with Crippen LogP contribution in [0.1, 0.15) is 45.7 Å². The Morgan fingerprint density at radius 1 is 1.24 bits per heavy atom. The third kappa shape index (κ3) is 6.06.